The first-order chi connectivity index (χ1) is 4.27. The van der Waals surface area contributed by atoms with Gasteiger partial charge in [-0.3, -0.25) is 0 Å². The third-order valence-electron chi connectivity index (χ3n) is 0.973. The van der Waals surface area contributed by atoms with Gasteiger partial charge in [-0.05, 0) is 6.42 Å². The SMILES string of the molecule is CCCCCOC(=O)O.Cl. The lowest BCUT2D eigenvalue weighted by molar-refractivity contribution is 0.0901. The van der Waals surface area contributed by atoms with Crippen LogP contribution in [0.2, 0.25) is 0 Å². The predicted molar refractivity (Wildman–Crippen MR) is 40.7 cm³/mol. The summed E-state index contributed by atoms with van der Waals surface area (Å²) in [5.41, 5.74) is 0. The third kappa shape index (κ3) is 10.5. The summed E-state index contributed by atoms with van der Waals surface area (Å²) in [5.74, 6) is 0. The molecular formula is C6H13ClO3. The van der Waals surface area contributed by atoms with E-state index < -0.39 is 6.16 Å². The van der Waals surface area contributed by atoms with Crippen molar-refractivity contribution in [2.24, 2.45) is 0 Å². The number of halogens is 1. The third-order valence-corrected chi connectivity index (χ3v) is 0.973. The smallest absolute Gasteiger partial charge is 0.450 e. The fraction of sp³-hybridized carbons (Fsp3) is 0.833. The van der Waals surface area contributed by atoms with Crippen LogP contribution in [0.1, 0.15) is 26.2 Å². The molecule has 0 spiro atoms. The molecule has 0 saturated carbocycles. The topological polar surface area (TPSA) is 46.5 Å². The van der Waals surface area contributed by atoms with Gasteiger partial charge in [0.25, 0.3) is 0 Å². The standard InChI is InChI=1S/C6H12O3.ClH/c1-2-3-4-5-9-6(7)8;/h2-5H2,1H3,(H,7,8);1H. The van der Waals surface area contributed by atoms with Crippen molar-refractivity contribution in [3.8, 4) is 0 Å². The Morgan fingerprint density at radius 2 is 2.10 bits per heavy atom. The number of carbonyl (C=O) groups is 1. The summed E-state index contributed by atoms with van der Waals surface area (Å²) in [5, 5.41) is 7.99. The van der Waals surface area contributed by atoms with Crippen molar-refractivity contribution in [2.75, 3.05) is 6.61 Å². The Morgan fingerprint density at radius 1 is 1.50 bits per heavy atom. The molecule has 0 saturated heterocycles. The Hall–Kier alpha value is -0.440. The number of carboxylic acid groups (broad SMARTS) is 1. The van der Waals surface area contributed by atoms with Gasteiger partial charge in [0, 0.05) is 0 Å². The lowest BCUT2D eigenvalue weighted by Gasteiger charge is -1.96. The molecule has 0 radical (unpaired) electrons. The van der Waals surface area contributed by atoms with Crippen LogP contribution in [0.4, 0.5) is 4.79 Å². The molecular weight excluding hydrogens is 156 g/mol. The van der Waals surface area contributed by atoms with E-state index in [1.165, 1.54) is 0 Å². The summed E-state index contributed by atoms with van der Waals surface area (Å²) < 4.78 is 4.26. The lowest BCUT2D eigenvalue weighted by atomic mass is 10.3. The molecule has 0 aliphatic rings. The number of hydrogen-bond donors (Lipinski definition) is 1. The van der Waals surface area contributed by atoms with E-state index >= 15 is 0 Å². The van der Waals surface area contributed by atoms with Gasteiger partial charge in [-0.15, -0.1) is 12.4 Å². The van der Waals surface area contributed by atoms with E-state index in [0.717, 1.165) is 19.3 Å². The van der Waals surface area contributed by atoms with Gasteiger partial charge in [0.2, 0.25) is 0 Å². The van der Waals surface area contributed by atoms with Crippen LogP contribution in [0.3, 0.4) is 0 Å². The molecule has 0 rings (SSSR count). The molecule has 4 heteroatoms. The van der Waals surface area contributed by atoms with Crippen LogP contribution >= 0.6 is 12.4 Å². The quantitative estimate of drug-likeness (QED) is 0.518. The zero-order valence-corrected chi connectivity index (χ0v) is 6.82. The molecule has 0 aliphatic carbocycles. The number of rotatable bonds is 4. The normalized spacial score (nSPS) is 8.10. The summed E-state index contributed by atoms with van der Waals surface area (Å²) in [6.07, 6.45) is 1.78. The molecule has 0 aromatic heterocycles. The zero-order valence-electron chi connectivity index (χ0n) is 6.00. The summed E-state index contributed by atoms with van der Waals surface area (Å²) in [6, 6.07) is 0. The van der Waals surface area contributed by atoms with Gasteiger partial charge in [-0.2, -0.15) is 0 Å². The highest BCUT2D eigenvalue weighted by Gasteiger charge is 1.92. The molecule has 10 heavy (non-hydrogen) atoms. The van der Waals surface area contributed by atoms with Crippen LogP contribution in [0, 0.1) is 0 Å². The Morgan fingerprint density at radius 3 is 2.50 bits per heavy atom. The summed E-state index contributed by atoms with van der Waals surface area (Å²) in [7, 11) is 0. The molecule has 1 N–H and O–H groups in total. The van der Waals surface area contributed by atoms with Crippen molar-refractivity contribution < 1.29 is 14.6 Å². The average molecular weight is 169 g/mol. The molecule has 0 amide bonds. The maximum atomic E-state index is 9.74. The highest BCUT2D eigenvalue weighted by atomic mass is 35.5. The fourth-order valence-electron chi connectivity index (χ4n) is 0.512. The largest absolute Gasteiger partial charge is 0.505 e. The minimum atomic E-state index is -1.17. The van der Waals surface area contributed by atoms with Crippen LogP contribution < -0.4 is 0 Å². The van der Waals surface area contributed by atoms with Crippen LogP contribution in [-0.4, -0.2) is 17.9 Å². The molecule has 62 valence electrons. The van der Waals surface area contributed by atoms with Crippen molar-refractivity contribution in [1.29, 1.82) is 0 Å². The van der Waals surface area contributed by atoms with Gasteiger partial charge >= 0.3 is 6.16 Å². The van der Waals surface area contributed by atoms with E-state index in [1.54, 1.807) is 0 Å². The Kier molecular flexibility index (Phi) is 10.5. The van der Waals surface area contributed by atoms with Crippen molar-refractivity contribution in [2.45, 2.75) is 26.2 Å². The first-order valence-electron chi connectivity index (χ1n) is 3.13. The van der Waals surface area contributed by atoms with Gasteiger partial charge in [0.05, 0.1) is 6.61 Å². The second-order valence-corrected chi connectivity index (χ2v) is 1.82. The predicted octanol–water partition coefficient (Wildman–Crippen LogP) is 2.29. The molecule has 0 unspecified atom stereocenters. The van der Waals surface area contributed by atoms with Crippen molar-refractivity contribution in [3.05, 3.63) is 0 Å². The summed E-state index contributed by atoms with van der Waals surface area (Å²) >= 11 is 0. The van der Waals surface area contributed by atoms with Crippen molar-refractivity contribution in [3.63, 3.8) is 0 Å². The maximum absolute atomic E-state index is 9.74. The number of unbranched alkanes of at least 4 members (excludes halogenated alkanes) is 2. The molecule has 0 bridgehead atoms. The van der Waals surface area contributed by atoms with Gasteiger partial charge in [-0.1, -0.05) is 19.8 Å². The van der Waals surface area contributed by atoms with E-state index in [9.17, 15) is 4.79 Å². The Balaban J connectivity index is 0. The van der Waals surface area contributed by atoms with Crippen LogP contribution in [0.5, 0.6) is 0 Å². The lowest BCUT2D eigenvalue weighted by Crippen LogP contribution is -2.00. The maximum Gasteiger partial charge on any atom is 0.505 e. The van der Waals surface area contributed by atoms with Gasteiger partial charge in [0.1, 0.15) is 0 Å². The minimum Gasteiger partial charge on any atom is -0.450 e. The van der Waals surface area contributed by atoms with E-state index in [1.807, 2.05) is 0 Å². The second-order valence-electron chi connectivity index (χ2n) is 1.82. The molecule has 0 atom stereocenters. The fourth-order valence-corrected chi connectivity index (χ4v) is 0.512. The Labute approximate surface area is 66.8 Å². The molecule has 0 fully saturated rings. The zero-order chi connectivity index (χ0) is 7.11. The molecule has 0 aromatic carbocycles. The first kappa shape index (κ1) is 12.3. The highest BCUT2D eigenvalue weighted by Crippen LogP contribution is 1.93. The monoisotopic (exact) mass is 168 g/mol. The van der Waals surface area contributed by atoms with Gasteiger partial charge in [0.15, 0.2) is 0 Å². The van der Waals surface area contributed by atoms with E-state index in [2.05, 4.69) is 11.7 Å². The van der Waals surface area contributed by atoms with Crippen LogP contribution in [0.15, 0.2) is 0 Å². The molecule has 0 aliphatic heterocycles. The van der Waals surface area contributed by atoms with Crippen molar-refractivity contribution >= 4 is 18.6 Å². The van der Waals surface area contributed by atoms with Gasteiger partial charge < -0.3 is 9.84 Å². The Bertz CT molecular complexity index is 85.1. The summed E-state index contributed by atoms with van der Waals surface area (Å²) in [6.45, 7) is 2.39. The molecule has 3 nitrogen and oxygen atoms in total. The minimum absolute atomic E-state index is 0. The van der Waals surface area contributed by atoms with E-state index in [4.69, 9.17) is 5.11 Å². The highest BCUT2D eigenvalue weighted by molar-refractivity contribution is 5.85. The van der Waals surface area contributed by atoms with Crippen LogP contribution in [-0.2, 0) is 4.74 Å². The molecule has 0 aromatic rings. The molecule has 0 heterocycles. The number of ether oxygens (including phenoxy) is 1. The first-order valence-corrected chi connectivity index (χ1v) is 3.13. The number of hydrogen-bond acceptors (Lipinski definition) is 2. The van der Waals surface area contributed by atoms with E-state index in [0.29, 0.717) is 6.61 Å². The summed E-state index contributed by atoms with van der Waals surface area (Å²) in [4.78, 5) is 9.74. The van der Waals surface area contributed by atoms with Gasteiger partial charge in [-0.25, -0.2) is 4.79 Å². The van der Waals surface area contributed by atoms with Crippen LogP contribution in [0.25, 0.3) is 0 Å². The van der Waals surface area contributed by atoms with Crippen molar-refractivity contribution in [1.82, 2.24) is 0 Å². The average Bonchev–Trinajstić information content (AvgIpc) is 1.80. The van der Waals surface area contributed by atoms with E-state index in [-0.39, 0.29) is 12.4 Å². The second kappa shape index (κ2) is 8.56.